The number of carbonyl (C=O) groups excluding carboxylic acids is 1. The molecule has 3 nitrogen and oxygen atoms in total. The van der Waals surface area contributed by atoms with Crippen molar-refractivity contribution >= 4 is 17.5 Å². The lowest BCUT2D eigenvalue weighted by Gasteiger charge is -2.15. The van der Waals surface area contributed by atoms with Crippen molar-refractivity contribution in [1.29, 1.82) is 0 Å². The summed E-state index contributed by atoms with van der Waals surface area (Å²) in [5.41, 5.74) is 0. The first-order valence-electron chi connectivity index (χ1n) is 4.82. The quantitative estimate of drug-likeness (QED) is 0.742. The Balaban J connectivity index is 2.33. The fraction of sp³-hybridized carbons (Fsp3) is 0.364. The number of carbonyl (C=O) groups is 1. The van der Waals surface area contributed by atoms with E-state index in [9.17, 15) is 9.18 Å². The van der Waals surface area contributed by atoms with Gasteiger partial charge in [-0.2, -0.15) is 0 Å². The molecule has 0 aliphatic rings. The van der Waals surface area contributed by atoms with Gasteiger partial charge in [0.1, 0.15) is 24.1 Å². The van der Waals surface area contributed by atoms with E-state index in [0.29, 0.717) is 18.9 Å². The van der Waals surface area contributed by atoms with E-state index in [2.05, 4.69) is 0 Å². The van der Waals surface area contributed by atoms with E-state index in [0.717, 1.165) is 0 Å². The van der Waals surface area contributed by atoms with Crippen molar-refractivity contribution in [2.45, 2.75) is 0 Å². The zero-order valence-electron chi connectivity index (χ0n) is 8.95. The molecule has 0 N–H and O–H groups in total. The molecule has 0 radical (unpaired) electrons. The molecule has 5 heteroatoms. The summed E-state index contributed by atoms with van der Waals surface area (Å²) in [5.74, 6) is -0.102. The number of amides is 1. The highest BCUT2D eigenvalue weighted by Gasteiger charge is 2.06. The van der Waals surface area contributed by atoms with Crippen LogP contribution in [0.5, 0.6) is 5.75 Å². The van der Waals surface area contributed by atoms with Gasteiger partial charge in [0, 0.05) is 13.1 Å². The van der Waals surface area contributed by atoms with Crippen LogP contribution in [0.15, 0.2) is 24.3 Å². The summed E-state index contributed by atoms with van der Waals surface area (Å²) in [4.78, 5) is 12.6. The number of rotatable bonds is 5. The van der Waals surface area contributed by atoms with Gasteiger partial charge in [0.15, 0.2) is 0 Å². The molecule has 1 rings (SSSR count). The van der Waals surface area contributed by atoms with Crippen LogP contribution in [0.25, 0.3) is 0 Å². The predicted molar refractivity (Wildman–Crippen MR) is 60.3 cm³/mol. The Morgan fingerprint density at radius 1 is 1.56 bits per heavy atom. The van der Waals surface area contributed by atoms with Crippen LogP contribution in [0.1, 0.15) is 0 Å². The van der Waals surface area contributed by atoms with Gasteiger partial charge in [-0.15, -0.1) is 11.6 Å². The lowest BCUT2D eigenvalue weighted by molar-refractivity contribution is -0.127. The van der Waals surface area contributed by atoms with Crippen LogP contribution in [-0.4, -0.2) is 36.9 Å². The monoisotopic (exact) mass is 245 g/mol. The third-order valence-corrected chi connectivity index (χ3v) is 2.26. The maximum atomic E-state index is 12.8. The van der Waals surface area contributed by atoms with Gasteiger partial charge in [-0.3, -0.25) is 4.79 Å². The Morgan fingerprint density at radius 3 is 2.94 bits per heavy atom. The molecule has 0 unspecified atom stereocenters. The zero-order valence-corrected chi connectivity index (χ0v) is 9.71. The SMILES string of the molecule is CN(CCOc1cccc(F)c1)C(=O)CCl. The minimum absolute atomic E-state index is 0.0452. The van der Waals surface area contributed by atoms with E-state index >= 15 is 0 Å². The van der Waals surface area contributed by atoms with Crippen LogP contribution < -0.4 is 4.74 Å². The molecule has 0 saturated heterocycles. The van der Waals surface area contributed by atoms with E-state index in [-0.39, 0.29) is 17.6 Å². The number of hydrogen-bond donors (Lipinski definition) is 0. The molecule has 0 aromatic heterocycles. The van der Waals surface area contributed by atoms with E-state index in [4.69, 9.17) is 16.3 Å². The fourth-order valence-corrected chi connectivity index (χ4v) is 1.29. The van der Waals surface area contributed by atoms with E-state index in [1.165, 1.54) is 17.0 Å². The van der Waals surface area contributed by atoms with Crippen LogP contribution in [0, 0.1) is 5.82 Å². The summed E-state index contributed by atoms with van der Waals surface area (Å²) in [6.07, 6.45) is 0. The topological polar surface area (TPSA) is 29.5 Å². The van der Waals surface area contributed by atoms with E-state index < -0.39 is 0 Å². The predicted octanol–water partition coefficient (Wildman–Crippen LogP) is 1.90. The van der Waals surface area contributed by atoms with Crippen molar-refractivity contribution in [3.63, 3.8) is 0 Å². The van der Waals surface area contributed by atoms with Crippen LogP contribution in [0.4, 0.5) is 4.39 Å². The van der Waals surface area contributed by atoms with Gasteiger partial charge >= 0.3 is 0 Å². The maximum absolute atomic E-state index is 12.8. The van der Waals surface area contributed by atoms with Crippen LogP contribution in [-0.2, 0) is 4.79 Å². The molecule has 0 atom stereocenters. The molecule has 1 amide bonds. The Kier molecular flexibility index (Phi) is 5.05. The van der Waals surface area contributed by atoms with Crippen LogP contribution in [0.3, 0.4) is 0 Å². The van der Waals surface area contributed by atoms with E-state index in [1.54, 1.807) is 19.2 Å². The molecule has 0 fully saturated rings. The Morgan fingerprint density at radius 2 is 2.31 bits per heavy atom. The third kappa shape index (κ3) is 4.06. The van der Waals surface area contributed by atoms with Gasteiger partial charge in [-0.05, 0) is 12.1 Å². The smallest absolute Gasteiger partial charge is 0.237 e. The molecule has 0 bridgehead atoms. The van der Waals surface area contributed by atoms with Crippen LogP contribution in [0.2, 0.25) is 0 Å². The number of ether oxygens (including phenoxy) is 1. The van der Waals surface area contributed by atoms with Crippen molar-refractivity contribution in [3.8, 4) is 5.75 Å². The standard InChI is InChI=1S/C11H13ClFNO2/c1-14(11(15)8-12)5-6-16-10-4-2-3-9(13)7-10/h2-4,7H,5-6,8H2,1H3. The second kappa shape index (κ2) is 6.33. The first-order valence-corrected chi connectivity index (χ1v) is 5.35. The Labute approximate surface area is 98.8 Å². The Bertz CT molecular complexity index is 360. The number of alkyl halides is 1. The van der Waals surface area contributed by atoms with Gasteiger partial charge in [0.2, 0.25) is 5.91 Å². The van der Waals surface area contributed by atoms with Crippen molar-refractivity contribution in [2.24, 2.45) is 0 Å². The highest BCUT2D eigenvalue weighted by molar-refractivity contribution is 6.27. The lowest BCUT2D eigenvalue weighted by Crippen LogP contribution is -2.31. The maximum Gasteiger partial charge on any atom is 0.237 e. The third-order valence-electron chi connectivity index (χ3n) is 2.03. The summed E-state index contributed by atoms with van der Waals surface area (Å²) < 4.78 is 18.0. The summed E-state index contributed by atoms with van der Waals surface area (Å²) in [7, 11) is 1.64. The molecular formula is C11H13ClFNO2. The second-order valence-electron chi connectivity index (χ2n) is 3.25. The first kappa shape index (κ1) is 12.8. The Hall–Kier alpha value is -1.29. The number of hydrogen-bond acceptors (Lipinski definition) is 2. The summed E-state index contributed by atoms with van der Waals surface area (Å²) in [5, 5.41) is 0. The average Bonchev–Trinajstić information content (AvgIpc) is 2.28. The van der Waals surface area contributed by atoms with Gasteiger partial charge in [-0.25, -0.2) is 4.39 Å². The average molecular weight is 246 g/mol. The summed E-state index contributed by atoms with van der Waals surface area (Å²) >= 11 is 5.38. The summed E-state index contributed by atoms with van der Waals surface area (Å²) in [6.45, 7) is 0.727. The first-order chi connectivity index (χ1) is 7.63. The molecule has 0 spiro atoms. The number of halogens is 2. The van der Waals surface area contributed by atoms with Crippen molar-refractivity contribution in [3.05, 3.63) is 30.1 Å². The van der Waals surface area contributed by atoms with Crippen molar-refractivity contribution < 1.29 is 13.9 Å². The lowest BCUT2D eigenvalue weighted by atomic mass is 10.3. The molecule has 0 saturated carbocycles. The summed E-state index contributed by atoms with van der Waals surface area (Å²) in [6, 6.07) is 5.87. The van der Waals surface area contributed by atoms with Crippen molar-refractivity contribution in [2.75, 3.05) is 26.1 Å². The van der Waals surface area contributed by atoms with E-state index in [1.807, 2.05) is 0 Å². The van der Waals surface area contributed by atoms with Gasteiger partial charge in [0.05, 0.1) is 6.54 Å². The largest absolute Gasteiger partial charge is 0.492 e. The molecule has 1 aromatic rings. The molecule has 0 aliphatic carbocycles. The number of benzene rings is 1. The van der Waals surface area contributed by atoms with Gasteiger partial charge < -0.3 is 9.64 Å². The molecule has 0 heterocycles. The molecular weight excluding hydrogens is 233 g/mol. The highest BCUT2D eigenvalue weighted by Crippen LogP contribution is 2.11. The second-order valence-corrected chi connectivity index (χ2v) is 3.52. The molecule has 1 aromatic carbocycles. The zero-order chi connectivity index (χ0) is 12.0. The molecule has 88 valence electrons. The minimum Gasteiger partial charge on any atom is -0.492 e. The van der Waals surface area contributed by atoms with Gasteiger partial charge in [-0.1, -0.05) is 6.07 Å². The fourth-order valence-electron chi connectivity index (χ4n) is 1.08. The minimum atomic E-state index is -0.345. The molecule has 16 heavy (non-hydrogen) atoms. The molecule has 0 aliphatic heterocycles. The van der Waals surface area contributed by atoms with Gasteiger partial charge in [0.25, 0.3) is 0 Å². The number of nitrogens with zero attached hydrogens (tertiary/aromatic N) is 1. The van der Waals surface area contributed by atoms with Crippen LogP contribution >= 0.6 is 11.6 Å². The highest BCUT2D eigenvalue weighted by atomic mass is 35.5. The normalized spacial score (nSPS) is 9.94. The number of likely N-dealkylation sites (N-methyl/N-ethyl adjacent to an activating group) is 1. The van der Waals surface area contributed by atoms with Crippen molar-refractivity contribution in [1.82, 2.24) is 4.90 Å².